The van der Waals surface area contributed by atoms with E-state index in [0.29, 0.717) is 18.5 Å². The van der Waals surface area contributed by atoms with Gasteiger partial charge in [-0.05, 0) is 31.0 Å². The molecule has 0 saturated heterocycles. The zero-order chi connectivity index (χ0) is 19.5. The summed E-state index contributed by atoms with van der Waals surface area (Å²) >= 11 is 0. The quantitative estimate of drug-likeness (QED) is 0.582. The number of nitrogens with zero attached hydrogens (tertiary/aromatic N) is 4. The summed E-state index contributed by atoms with van der Waals surface area (Å²) < 4.78 is 1.80. The zero-order valence-corrected chi connectivity index (χ0v) is 15.9. The van der Waals surface area contributed by atoms with Crippen molar-refractivity contribution in [1.29, 1.82) is 0 Å². The maximum atomic E-state index is 12.8. The van der Waals surface area contributed by atoms with E-state index < -0.39 is 0 Å². The fourth-order valence-corrected chi connectivity index (χ4v) is 3.38. The first-order valence-corrected chi connectivity index (χ1v) is 9.29. The van der Waals surface area contributed by atoms with E-state index in [2.05, 4.69) is 20.4 Å². The Bertz CT molecular complexity index is 1120. The van der Waals surface area contributed by atoms with Gasteiger partial charge in [0.25, 0.3) is 5.91 Å². The normalized spacial score (nSPS) is 10.9. The number of hydrogen-bond donors (Lipinski definition) is 1. The fourth-order valence-electron chi connectivity index (χ4n) is 3.38. The Balaban J connectivity index is 1.72. The molecule has 0 fully saturated rings. The van der Waals surface area contributed by atoms with Crippen LogP contribution in [-0.4, -0.2) is 25.5 Å². The van der Waals surface area contributed by atoms with Crippen molar-refractivity contribution in [1.82, 2.24) is 24.9 Å². The Hall–Kier alpha value is -3.54. The average molecular weight is 371 g/mol. The monoisotopic (exact) mass is 371 g/mol. The van der Waals surface area contributed by atoms with Gasteiger partial charge >= 0.3 is 0 Å². The van der Waals surface area contributed by atoms with Crippen LogP contribution in [0.1, 0.15) is 34.4 Å². The molecule has 4 aromatic rings. The van der Waals surface area contributed by atoms with E-state index in [0.717, 1.165) is 33.9 Å². The molecule has 1 aromatic carbocycles. The van der Waals surface area contributed by atoms with E-state index in [-0.39, 0.29) is 5.91 Å². The predicted octanol–water partition coefficient (Wildman–Crippen LogP) is 3.59. The molecule has 0 bridgehead atoms. The van der Waals surface area contributed by atoms with Crippen molar-refractivity contribution in [3.05, 3.63) is 83.6 Å². The molecule has 1 N–H and O–H groups in total. The smallest absolute Gasteiger partial charge is 0.255 e. The van der Waals surface area contributed by atoms with Gasteiger partial charge in [-0.2, -0.15) is 5.10 Å². The zero-order valence-electron chi connectivity index (χ0n) is 15.9. The van der Waals surface area contributed by atoms with Gasteiger partial charge in [0.15, 0.2) is 5.65 Å². The third-order valence-electron chi connectivity index (χ3n) is 4.72. The Labute approximate surface area is 163 Å². The molecule has 0 spiro atoms. The molecule has 0 atom stereocenters. The maximum absolute atomic E-state index is 12.8. The highest BCUT2D eigenvalue weighted by atomic mass is 16.1. The van der Waals surface area contributed by atoms with Crippen molar-refractivity contribution in [3.8, 4) is 11.1 Å². The van der Waals surface area contributed by atoms with E-state index in [1.165, 1.54) is 0 Å². The van der Waals surface area contributed by atoms with Gasteiger partial charge in [-0.15, -0.1) is 0 Å². The predicted molar refractivity (Wildman–Crippen MR) is 108 cm³/mol. The first-order valence-electron chi connectivity index (χ1n) is 9.29. The van der Waals surface area contributed by atoms with Crippen LogP contribution in [0.5, 0.6) is 0 Å². The summed E-state index contributed by atoms with van der Waals surface area (Å²) in [7, 11) is 0. The van der Waals surface area contributed by atoms with Crippen LogP contribution in [0.15, 0.2) is 60.9 Å². The molecule has 0 aliphatic rings. The molecule has 0 saturated carbocycles. The second kappa shape index (κ2) is 7.60. The van der Waals surface area contributed by atoms with Crippen LogP contribution >= 0.6 is 0 Å². The van der Waals surface area contributed by atoms with Crippen molar-refractivity contribution in [3.63, 3.8) is 0 Å². The minimum absolute atomic E-state index is 0.175. The van der Waals surface area contributed by atoms with Gasteiger partial charge in [0.2, 0.25) is 0 Å². The van der Waals surface area contributed by atoms with Crippen molar-refractivity contribution in [2.75, 3.05) is 0 Å². The molecule has 28 heavy (non-hydrogen) atoms. The highest BCUT2D eigenvalue weighted by Crippen LogP contribution is 2.28. The molecule has 0 aliphatic carbocycles. The largest absolute Gasteiger partial charge is 0.346 e. The molecular weight excluding hydrogens is 350 g/mol. The van der Waals surface area contributed by atoms with Crippen molar-refractivity contribution in [2.24, 2.45) is 0 Å². The second-order valence-corrected chi connectivity index (χ2v) is 6.54. The Kier molecular flexibility index (Phi) is 4.85. The van der Waals surface area contributed by atoms with E-state index in [4.69, 9.17) is 0 Å². The van der Waals surface area contributed by atoms with Crippen LogP contribution < -0.4 is 5.32 Å². The molecule has 140 valence electrons. The summed E-state index contributed by atoms with van der Waals surface area (Å²) in [5, 5.41) is 7.61. The number of rotatable bonds is 5. The molecule has 4 rings (SSSR count). The molecule has 3 heterocycles. The number of amides is 1. The lowest BCUT2D eigenvalue weighted by molar-refractivity contribution is 0.0948. The Morgan fingerprint density at radius 3 is 2.57 bits per heavy atom. The number of nitrogens with one attached hydrogen (secondary N) is 1. The van der Waals surface area contributed by atoms with E-state index in [1.54, 1.807) is 16.9 Å². The summed E-state index contributed by atoms with van der Waals surface area (Å²) in [6.45, 7) is 4.36. The summed E-state index contributed by atoms with van der Waals surface area (Å²) in [5.41, 5.74) is 5.90. The highest BCUT2D eigenvalue weighted by Gasteiger charge is 2.19. The minimum Gasteiger partial charge on any atom is -0.346 e. The van der Waals surface area contributed by atoms with Gasteiger partial charge in [0.1, 0.15) is 0 Å². The van der Waals surface area contributed by atoms with Gasteiger partial charge in [-0.1, -0.05) is 43.3 Å². The van der Waals surface area contributed by atoms with Crippen LogP contribution in [0.4, 0.5) is 0 Å². The lowest BCUT2D eigenvalue weighted by Gasteiger charge is -2.10. The molecule has 0 aliphatic heterocycles. The SMILES string of the molecule is CCc1c(C(=O)NCc2ccccn2)cnc2c(-c3ccccc3)c(C)nn12. The lowest BCUT2D eigenvalue weighted by atomic mass is 10.1. The molecule has 0 radical (unpaired) electrons. The van der Waals surface area contributed by atoms with Gasteiger partial charge in [0.05, 0.1) is 29.2 Å². The minimum atomic E-state index is -0.175. The molecule has 1 amide bonds. The number of fused-ring (bicyclic) bond motifs is 1. The summed E-state index contributed by atoms with van der Waals surface area (Å²) in [6, 6.07) is 15.7. The third-order valence-corrected chi connectivity index (χ3v) is 4.72. The number of hydrogen-bond acceptors (Lipinski definition) is 4. The number of carbonyl (C=O) groups is 1. The van der Waals surface area contributed by atoms with Crippen LogP contribution in [-0.2, 0) is 13.0 Å². The number of aromatic nitrogens is 4. The fraction of sp³-hybridized carbons (Fsp3) is 0.182. The van der Waals surface area contributed by atoms with Gasteiger partial charge in [0, 0.05) is 18.0 Å². The van der Waals surface area contributed by atoms with Crippen LogP contribution in [0, 0.1) is 6.92 Å². The first-order chi connectivity index (χ1) is 13.7. The van der Waals surface area contributed by atoms with Crippen molar-refractivity contribution >= 4 is 11.6 Å². The van der Waals surface area contributed by atoms with Gasteiger partial charge in [-0.25, -0.2) is 9.50 Å². The Morgan fingerprint density at radius 1 is 1.07 bits per heavy atom. The standard InChI is InChI=1S/C22H21N5O/c1-3-19-18(22(28)25-13-17-11-7-8-12-23-17)14-24-21-20(15(2)26-27(19)21)16-9-5-4-6-10-16/h4-12,14H,3,13H2,1-2H3,(H,25,28). The maximum Gasteiger partial charge on any atom is 0.255 e. The summed E-state index contributed by atoms with van der Waals surface area (Å²) in [6.07, 6.45) is 4.03. The third kappa shape index (κ3) is 3.24. The molecule has 3 aromatic heterocycles. The van der Waals surface area contributed by atoms with Gasteiger partial charge in [-0.3, -0.25) is 9.78 Å². The van der Waals surface area contributed by atoms with E-state index in [9.17, 15) is 4.79 Å². The van der Waals surface area contributed by atoms with E-state index in [1.807, 2.05) is 62.4 Å². The lowest BCUT2D eigenvalue weighted by Crippen LogP contribution is -2.25. The summed E-state index contributed by atoms with van der Waals surface area (Å²) in [4.78, 5) is 21.6. The average Bonchev–Trinajstić information content (AvgIpc) is 3.08. The number of carbonyl (C=O) groups excluding carboxylic acids is 1. The molecule has 6 nitrogen and oxygen atoms in total. The number of benzene rings is 1. The van der Waals surface area contributed by atoms with Crippen molar-refractivity contribution in [2.45, 2.75) is 26.8 Å². The van der Waals surface area contributed by atoms with Crippen LogP contribution in [0.2, 0.25) is 0 Å². The van der Waals surface area contributed by atoms with Crippen LogP contribution in [0.3, 0.4) is 0 Å². The Morgan fingerprint density at radius 2 is 1.86 bits per heavy atom. The number of pyridine rings is 1. The van der Waals surface area contributed by atoms with Crippen molar-refractivity contribution < 1.29 is 4.79 Å². The van der Waals surface area contributed by atoms with E-state index >= 15 is 0 Å². The second-order valence-electron chi connectivity index (χ2n) is 6.54. The highest BCUT2D eigenvalue weighted by molar-refractivity contribution is 5.95. The van der Waals surface area contributed by atoms with Gasteiger partial charge < -0.3 is 5.32 Å². The molecule has 6 heteroatoms. The van der Waals surface area contributed by atoms with Crippen LogP contribution in [0.25, 0.3) is 16.8 Å². The summed E-state index contributed by atoms with van der Waals surface area (Å²) in [5.74, 6) is -0.175. The molecule has 0 unspecified atom stereocenters. The molecular formula is C22H21N5O. The first kappa shape index (κ1) is 17.9. The number of aryl methyl sites for hydroxylation is 2. The topological polar surface area (TPSA) is 72.2 Å².